The van der Waals surface area contributed by atoms with Crippen molar-refractivity contribution in [3.63, 3.8) is 0 Å². The van der Waals surface area contributed by atoms with Crippen LogP contribution in [0.5, 0.6) is 5.75 Å². The van der Waals surface area contributed by atoms with Crippen LogP contribution in [0.1, 0.15) is 44.9 Å². The Labute approximate surface area is 139 Å². The van der Waals surface area contributed by atoms with Crippen molar-refractivity contribution in [2.24, 2.45) is 5.92 Å². The number of carbonyl (C=O) groups is 1. The fraction of sp³-hybridized carbons (Fsp3) is 0.632. The number of likely N-dealkylation sites (tertiary alicyclic amines) is 1. The molecule has 1 aromatic rings. The van der Waals surface area contributed by atoms with E-state index in [1.54, 1.807) is 7.11 Å². The van der Waals surface area contributed by atoms with Crippen LogP contribution in [0.25, 0.3) is 0 Å². The Morgan fingerprint density at radius 3 is 2.43 bits per heavy atom. The highest BCUT2D eigenvalue weighted by atomic mass is 16.5. The predicted octanol–water partition coefficient (Wildman–Crippen LogP) is 3.68. The van der Waals surface area contributed by atoms with Crippen molar-refractivity contribution < 1.29 is 9.53 Å². The van der Waals surface area contributed by atoms with Crippen molar-refractivity contribution in [1.82, 2.24) is 4.90 Å². The summed E-state index contributed by atoms with van der Waals surface area (Å²) in [5, 5.41) is 3.60. The molecule has 2 atom stereocenters. The molecule has 23 heavy (non-hydrogen) atoms. The van der Waals surface area contributed by atoms with Crippen molar-refractivity contribution in [2.45, 2.75) is 51.0 Å². The zero-order valence-corrected chi connectivity index (χ0v) is 14.1. The fourth-order valence-electron chi connectivity index (χ4n) is 3.85. The smallest absolute Gasteiger partial charge is 0.227 e. The molecule has 1 N–H and O–H groups in total. The summed E-state index contributed by atoms with van der Waals surface area (Å²) in [6, 6.07) is 8.26. The molecule has 2 aliphatic rings. The largest absolute Gasteiger partial charge is 0.497 e. The van der Waals surface area contributed by atoms with Gasteiger partial charge in [-0.1, -0.05) is 12.8 Å². The molecule has 1 heterocycles. The second-order valence-electron chi connectivity index (χ2n) is 6.76. The van der Waals surface area contributed by atoms with Gasteiger partial charge < -0.3 is 15.0 Å². The van der Waals surface area contributed by atoms with Crippen LogP contribution in [0, 0.1) is 5.92 Å². The minimum atomic E-state index is 0.129. The quantitative estimate of drug-likeness (QED) is 0.921. The number of hydrogen-bond donors (Lipinski definition) is 1. The average molecular weight is 316 g/mol. The molecule has 0 aromatic heterocycles. The standard InChI is InChI=1S/C19H28N2O2/c1-23-16-11-9-15(10-12-16)20-18-8-4-3-7-17(18)19(22)21-13-5-2-6-14-21/h9-12,17-18,20H,2-8,13-14H2,1H3/t17-,18+/m0/s1. The van der Waals surface area contributed by atoms with Gasteiger partial charge in [-0.25, -0.2) is 0 Å². The lowest BCUT2D eigenvalue weighted by atomic mass is 9.83. The number of amides is 1. The number of methoxy groups -OCH3 is 1. The van der Waals surface area contributed by atoms with E-state index >= 15 is 0 Å². The molecule has 1 saturated carbocycles. The van der Waals surface area contributed by atoms with E-state index in [1.165, 1.54) is 19.3 Å². The van der Waals surface area contributed by atoms with E-state index in [0.29, 0.717) is 5.91 Å². The molecule has 1 saturated heterocycles. The number of hydrogen-bond acceptors (Lipinski definition) is 3. The first kappa shape index (κ1) is 16.2. The second-order valence-corrected chi connectivity index (χ2v) is 6.76. The molecule has 4 nitrogen and oxygen atoms in total. The van der Waals surface area contributed by atoms with E-state index in [4.69, 9.17) is 4.74 Å². The van der Waals surface area contributed by atoms with Gasteiger partial charge in [0.05, 0.1) is 13.0 Å². The third-order valence-electron chi connectivity index (χ3n) is 5.19. The summed E-state index contributed by atoms with van der Waals surface area (Å²) in [5.41, 5.74) is 1.08. The molecule has 1 aliphatic carbocycles. The topological polar surface area (TPSA) is 41.6 Å². The van der Waals surface area contributed by atoms with Gasteiger partial charge in [-0.2, -0.15) is 0 Å². The van der Waals surface area contributed by atoms with Crippen molar-refractivity contribution in [2.75, 3.05) is 25.5 Å². The number of nitrogens with one attached hydrogen (secondary N) is 1. The maximum atomic E-state index is 12.9. The highest BCUT2D eigenvalue weighted by Crippen LogP contribution is 2.30. The summed E-state index contributed by atoms with van der Waals surface area (Å²) in [4.78, 5) is 15.0. The molecule has 1 aliphatic heterocycles. The number of rotatable bonds is 4. The summed E-state index contributed by atoms with van der Waals surface area (Å²) in [6.45, 7) is 1.90. The van der Waals surface area contributed by atoms with Crippen molar-refractivity contribution in [1.29, 1.82) is 0 Å². The minimum absolute atomic E-state index is 0.129. The summed E-state index contributed by atoms with van der Waals surface area (Å²) < 4.78 is 5.21. The minimum Gasteiger partial charge on any atom is -0.497 e. The lowest BCUT2D eigenvalue weighted by Crippen LogP contribution is -2.46. The van der Waals surface area contributed by atoms with Crippen molar-refractivity contribution in [3.05, 3.63) is 24.3 Å². The van der Waals surface area contributed by atoms with E-state index in [2.05, 4.69) is 10.2 Å². The number of anilines is 1. The van der Waals surface area contributed by atoms with E-state index in [9.17, 15) is 4.79 Å². The van der Waals surface area contributed by atoms with E-state index in [1.807, 2.05) is 24.3 Å². The van der Waals surface area contributed by atoms with Crippen LogP contribution in [0.2, 0.25) is 0 Å². The lowest BCUT2D eigenvalue weighted by Gasteiger charge is -2.37. The molecule has 1 amide bonds. The van der Waals surface area contributed by atoms with Crippen LogP contribution in [-0.4, -0.2) is 37.0 Å². The fourth-order valence-corrected chi connectivity index (χ4v) is 3.85. The summed E-state index contributed by atoms with van der Waals surface area (Å²) >= 11 is 0. The van der Waals surface area contributed by atoms with Gasteiger partial charge in [0, 0.05) is 24.8 Å². The van der Waals surface area contributed by atoms with Crippen molar-refractivity contribution in [3.8, 4) is 5.75 Å². The third kappa shape index (κ3) is 3.98. The number of ether oxygens (including phenoxy) is 1. The lowest BCUT2D eigenvalue weighted by molar-refractivity contribution is -0.137. The van der Waals surface area contributed by atoms with E-state index in [-0.39, 0.29) is 12.0 Å². The Balaban J connectivity index is 1.66. The van der Waals surface area contributed by atoms with Gasteiger partial charge in [-0.15, -0.1) is 0 Å². The Hall–Kier alpha value is -1.71. The van der Waals surface area contributed by atoms with Crippen LogP contribution in [0.3, 0.4) is 0 Å². The molecular formula is C19H28N2O2. The Kier molecular flexibility index (Phi) is 5.42. The number of carbonyl (C=O) groups excluding carboxylic acids is 1. The van der Waals surface area contributed by atoms with Gasteiger partial charge in [0.1, 0.15) is 5.75 Å². The van der Waals surface area contributed by atoms with Crippen LogP contribution < -0.4 is 10.1 Å². The molecule has 126 valence electrons. The summed E-state index contributed by atoms with van der Waals surface area (Å²) in [5.74, 6) is 1.36. The highest BCUT2D eigenvalue weighted by molar-refractivity contribution is 5.80. The van der Waals surface area contributed by atoms with Crippen LogP contribution in [0.4, 0.5) is 5.69 Å². The Bertz CT molecular complexity index is 509. The van der Waals surface area contributed by atoms with Gasteiger partial charge in [0.25, 0.3) is 0 Å². The molecule has 0 bridgehead atoms. The normalized spacial score (nSPS) is 25.0. The number of benzene rings is 1. The van der Waals surface area contributed by atoms with Crippen LogP contribution in [0.15, 0.2) is 24.3 Å². The van der Waals surface area contributed by atoms with Gasteiger partial charge in [0.15, 0.2) is 0 Å². The maximum absolute atomic E-state index is 12.9. The maximum Gasteiger partial charge on any atom is 0.227 e. The molecule has 0 spiro atoms. The molecule has 3 rings (SSSR count). The second kappa shape index (κ2) is 7.71. The Morgan fingerprint density at radius 1 is 1.04 bits per heavy atom. The van der Waals surface area contributed by atoms with Gasteiger partial charge in [-0.3, -0.25) is 4.79 Å². The zero-order valence-electron chi connectivity index (χ0n) is 14.1. The van der Waals surface area contributed by atoms with Gasteiger partial charge in [0.2, 0.25) is 5.91 Å². The third-order valence-corrected chi connectivity index (χ3v) is 5.19. The SMILES string of the molecule is COc1ccc(N[C@@H]2CCCC[C@@H]2C(=O)N2CCCCC2)cc1. The average Bonchev–Trinajstić information content (AvgIpc) is 2.63. The highest BCUT2D eigenvalue weighted by Gasteiger charge is 2.34. The number of piperidine rings is 1. The predicted molar refractivity (Wildman–Crippen MR) is 92.8 cm³/mol. The molecular weight excluding hydrogens is 288 g/mol. The van der Waals surface area contributed by atoms with E-state index < -0.39 is 0 Å². The number of nitrogens with zero attached hydrogens (tertiary/aromatic N) is 1. The molecule has 4 heteroatoms. The summed E-state index contributed by atoms with van der Waals surface area (Å²) in [7, 11) is 1.68. The zero-order chi connectivity index (χ0) is 16.1. The van der Waals surface area contributed by atoms with E-state index in [0.717, 1.165) is 50.2 Å². The first-order valence-electron chi connectivity index (χ1n) is 8.97. The van der Waals surface area contributed by atoms with Gasteiger partial charge in [-0.05, 0) is 56.4 Å². The van der Waals surface area contributed by atoms with Gasteiger partial charge >= 0.3 is 0 Å². The monoisotopic (exact) mass is 316 g/mol. The van der Waals surface area contributed by atoms with Crippen molar-refractivity contribution >= 4 is 11.6 Å². The molecule has 1 aromatic carbocycles. The first-order chi connectivity index (χ1) is 11.3. The van der Waals surface area contributed by atoms with Crippen LogP contribution >= 0.6 is 0 Å². The Morgan fingerprint density at radius 2 is 1.74 bits per heavy atom. The molecule has 0 radical (unpaired) electrons. The first-order valence-corrected chi connectivity index (χ1v) is 8.97. The van der Waals surface area contributed by atoms with Crippen LogP contribution in [-0.2, 0) is 4.79 Å². The molecule has 0 unspecified atom stereocenters. The molecule has 2 fully saturated rings. The summed E-state index contributed by atoms with van der Waals surface area (Å²) in [6.07, 6.45) is 8.06.